The molecule has 0 unspecified atom stereocenters. The third-order valence-electron chi connectivity index (χ3n) is 6.83. The molecule has 1 N–H and O–H groups in total. The van der Waals surface area contributed by atoms with Gasteiger partial charge in [0.1, 0.15) is 6.61 Å². The van der Waals surface area contributed by atoms with Crippen LogP contribution in [0.4, 0.5) is 5.95 Å². The Kier molecular flexibility index (Phi) is 9.95. The van der Waals surface area contributed by atoms with Crippen LogP contribution in [-0.4, -0.2) is 75.3 Å². The van der Waals surface area contributed by atoms with Crippen LogP contribution in [0.5, 0.6) is 5.88 Å². The van der Waals surface area contributed by atoms with Gasteiger partial charge in [0.15, 0.2) is 0 Å². The minimum Gasteiger partial charge on any atom is -0.475 e. The van der Waals surface area contributed by atoms with Crippen LogP contribution < -0.4 is 9.46 Å². The van der Waals surface area contributed by atoms with E-state index in [2.05, 4.69) is 28.5 Å². The zero-order valence-electron chi connectivity index (χ0n) is 24.2. The SMILES string of the molecule is COCCOCCN1C(=O)c2cccc(c2)S(=O)(=O)Nc2nc(cc(-c3c(C)cccc3C)n2)OC[C@H]1CC(C)C. The number of carbonyl (C=O) groups excluding carboxylic acids is 1. The van der Waals surface area contributed by atoms with Crippen molar-refractivity contribution < 1.29 is 27.4 Å². The normalized spacial score (nSPS) is 16.8. The number of hydrogen-bond donors (Lipinski definition) is 1. The maximum atomic E-state index is 13.9. The predicted octanol–water partition coefficient (Wildman–Crippen LogP) is 4.47. The first-order valence-electron chi connectivity index (χ1n) is 13.7. The second-order valence-corrected chi connectivity index (χ2v) is 12.2. The summed E-state index contributed by atoms with van der Waals surface area (Å²) in [4.78, 5) is 24.5. The van der Waals surface area contributed by atoms with Crippen LogP contribution in [0.3, 0.4) is 0 Å². The zero-order chi connectivity index (χ0) is 29.6. The molecular formula is C30H38N4O6S. The summed E-state index contributed by atoms with van der Waals surface area (Å²) in [6.45, 7) is 9.68. The summed E-state index contributed by atoms with van der Waals surface area (Å²) in [7, 11) is -2.52. The minimum absolute atomic E-state index is 0.0668. The van der Waals surface area contributed by atoms with E-state index in [9.17, 15) is 13.2 Å². The van der Waals surface area contributed by atoms with E-state index in [4.69, 9.17) is 14.2 Å². The topological polar surface area (TPSA) is 120 Å². The number of rotatable bonds is 9. The molecule has 3 aromatic rings. The fraction of sp³-hybridized carbons (Fsp3) is 0.433. The number of aromatic nitrogens is 2. The lowest BCUT2D eigenvalue weighted by Crippen LogP contribution is -2.46. The van der Waals surface area contributed by atoms with Crippen molar-refractivity contribution in [2.75, 3.05) is 44.8 Å². The summed E-state index contributed by atoms with van der Waals surface area (Å²) in [6, 6.07) is 13.3. The second-order valence-electron chi connectivity index (χ2n) is 10.5. The third-order valence-corrected chi connectivity index (χ3v) is 8.16. The molecule has 4 rings (SSSR count). The molecule has 41 heavy (non-hydrogen) atoms. The molecule has 0 spiro atoms. The lowest BCUT2D eigenvalue weighted by atomic mass is 10.00. The number of nitrogens with one attached hydrogen (secondary N) is 1. The van der Waals surface area contributed by atoms with Gasteiger partial charge in [0.2, 0.25) is 11.8 Å². The second kappa shape index (κ2) is 13.4. The number of amides is 1. The highest BCUT2D eigenvalue weighted by Gasteiger charge is 2.29. The number of benzene rings is 2. The number of anilines is 1. The van der Waals surface area contributed by atoms with E-state index >= 15 is 0 Å². The van der Waals surface area contributed by atoms with E-state index in [-0.39, 0.29) is 53.4 Å². The first-order valence-corrected chi connectivity index (χ1v) is 15.2. The Labute approximate surface area is 242 Å². The van der Waals surface area contributed by atoms with Crippen molar-refractivity contribution in [3.63, 3.8) is 0 Å². The maximum absolute atomic E-state index is 13.9. The zero-order valence-corrected chi connectivity index (χ0v) is 25.0. The molecule has 1 aliphatic rings. The average Bonchev–Trinajstić information content (AvgIpc) is 2.92. The Morgan fingerprint density at radius 1 is 1.05 bits per heavy atom. The van der Waals surface area contributed by atoms with Crippen LogP contribution in [-0.2, 0) is 19.5 Å². The van der Waals surface area contributed by atoms with E-state index in [0.29, 0.717) is 31.9 Å². The molecule has 11 heteroatoms. The van der Waals surface area contributed by atoms with Gasteiger partial charge >= 0.3 is 0 Å². The Bertz CT molecular complexity index is 1460. The highest BCUT2D eigenvalue weighted by molar-refractivity contribution is 7.92. The van der Waals surface area contributed by atoms with Gasteiger partial charge in [-0.1, -0.05) is 38.1 Å². The van der Waals surface area contributed by atoms with E-state index < -0.39 is 10.0 Å². The van der Waals surface area contributed by atoms with Crippen molar-refractivity contribution in [2.24, 2.45) is 5.92 Å². The molecule has 2 aromatic carbocycles. The first kappa shape index (κ1) is 30.4. The first-order chi connectivity index (χ1) is 19.6. The molecule has 1 atom stereocenters. The Balaban J connectivity index is 1.82. The molecule has 0 saturated heterocycles. The van der Waals surface area contributed by atoms with Crippen LogP contribution in [0.15, 0.2) is 53.4 Å². The third kappa shape index (κ3) is 7.60. The number of nitrogens with zero attached hydrogens (tertiary/aromatic N) is 3. The van der Waals surface area contributed by atoms with Crippen LogP contribution in [0, 0.1) is 19.8 Å². The molecule has 0 radical (unpaired) electrons. The van der Waals surface area contributed by atoms with E-state index in [1.54, 1.807) is 30.2 Å². The molecule has 0 saturated carbocycles. The van der Waals surface area contributed by atoms with Crippen molar-refractivity contribution >= 4 is 21.9 Å². The number of sulfonamides is 1. The molecule has 4 bridgehead atoms. The molecule has 1 amide bonds. The monoisotopic (exact) mass is 582 g/mol. The maximum Gasteiger partial charge on any atom is 0.264 e. The lowest BCUT2D eigenvalue weighted by molar-refractivity contribution is 0.0324. The summed E-state index contributed by atoms with van der Waals surface area (Å²) < 4.78 is 46.3. The van der Waals surface area contributed by atoms with Gasteiger partial charge < -0.3 is 19.1 Å². The van der Waals surface area contributed by atoms with Gasteiger partial charge in [-0.3, -0.25) is 4.79 Å². The number of ether oxygens (including phenoxy) is 3. The van der Waals surface area contributed by atoms with Gasteiger partial charge in [0.25, 0.3) is 15.9 Å². The molecule has 220 valence electrons. The Hall–Kier alpha value is -3.54. The number of hydrogen-bond acceptors (Lipinski definition) is 8. The number of methoxy groups -OCH3 is 1. The number of aryl methyl sites for hydroxylation is 2. The minimum atomic E-state index is -4.12. The predicted molar refractivity (Wildman–Crippen MR) is 157 cm³/mol. The highest BCUT2D eigenvalue weighted by Crippen LogP contribution is 2.30. The van der Waals surface area contributed by atoms with Crippen LogP contribution in [0.1, 0.15) is 41.8 Å². The highest BCUT2D eigenvalue weighted by atomic mass is 32.2. The van der Waals surface area contributed by atoms with Crippen LogP contribution >= 0.6 is 0 Å². The van der Waals surface area contributed by atoms with E-state index in [1.165, 1.54) is 12.1 Å². The number of fused-ring (bicyclic) bond motifs is 4. The Morgan fingerprint density at radius 3 is 2.49 bits per heavy atom. The number of carbonyl (C=O) groups is 1. The van der Waals surface area contributed by atoms with Gasteiger partial charge in [-0.2, -0.15) is 4.98 Å². The van der Waals surface area contributed by atoms with Crippen LogP contribution in [0.2, 0.25) is 0 Å². The summed E-state index contributed by atoms with van der Waals surface area (Å²) in [6.07, 6.45) is 0.655. The van der Waals surface area contributed by atoms with Gasteiger partial charge in [0.05, 0.1) is 36.5 Å². The van der Waals surface area contributed by atoms with E-state index in [0.717, 1.165) is 16.7 Å². The fourth-order valence-electron chi connectivity index (χ4n) is 4.90. The average molecular weight is 583 g/mol. The smallest absolute Gasteiger partial charge is 0.264 e. The van der Waals surface area contributed by atoms with E-state index in [1.807, 2.05) is 32.0 Å². The standard InChI is InChI=1S/C30H38N4O6S/c1-20(2)16-24-19-40-27-18-26(28-21(3)8-6-9-22(28)4)31-30(32-27)33-41(36,37)25-11-7-10-23(17-25)29(35)34(24)12-13-39-15-14-38-5/h6-11,17-18,20,24H,12-16,19H2,1-5H3,(H,31,32,33)/t24-/m1/s1. The molecule has 0 aliphatic carbocycles. The molecule has 2 heterocycles. The Morgan fingerprint density at radius 2 is 1.78 bits per heavy atom. The summed E-state index contributed by atoms with van der Waals surface area (Å²) >= 11 is 0. The summed E-state index contributed by atoms with van der Waals surface area (Å²) in [5.41, 5.74) is 3.62. The largest absolute Gasteiger partial charge is 0.475 e. The van der Waals surface area contributed by atoms with Crippen molar-refractivity contribution in [3.8, 4) is 17.1 Å². The van der Waals surface area contributed by atoms with Gasteiger partial charge in [-0.05, 0) is 55.5 Å². The van der Waals surface area contributed by atoms with Crippen molar-refractivity contribution in [2.45, 2.75) is 45.1 Å². The van der Waals surface area contributed by atoms with Crippen LogP contribution in [0.25, 0.3) is 11.3 Å². The summed E-state index contributed by atoms with van der Waals surface area (Å²) in [5.74, 6) is 0.0437. The lowest BCUT2D eigenvalue weighted by Gasteiger charge is -2.33. The quantitative estimate of drug-likeness (QED) is 0.367. The molecule has 1 aromatic heterocycles. The summed E-state index contributed by atoms with van der Waals surface area (Å²) in [5, 5.41) is 0. The van der Waals surface area contributed by atoms with Crippen molar-refractivity contribution in [3.05, 3.63) is 65.2 Å². The van der Waals surface area contributed by atoms with Crippen molar-refractivity contribution in [1.82, 2.24) is 14.9 Å². The van der Waals surface area contributed by atoms with Crippen molar-refractivity contribution in [1.29, 1.82) is 0 Å². The molecular weight excluding hydrogens is 544 g/mol. The molecule has 0 fully saturated rings. The molecule has 10 nitrogen and oxygen atoms in total. The van der Waals surface area contributed by atoms with Gasteiger partial charge in [-0.25, -0.2) is 18.1 Å². The molecule has 1 aliphatic heterocycles. The van der Waals surface area contributed by atoms with Gasteiger partial charge in [0, 0.05) is 30.8 Å². The fourth-order valence-corrected chi connectivity index (χ4v) is 5.89. The van der Waals surface area contributed by atoms with Gasteiger partial charge in [-0.15, -0.1) is 0 Å².